The van der Waals surface area contributed by atoms with Crippen LogP contribution >= 0.6 is 8.03 Å². The fraction of sp³-hybridized carbons (Fsp3) is 0.944. The summed E-state index contributed by atoms with van der Waals surface area (Å²) < 4.78 is 21.9. The second-order valence-electron chi connectivity index (χ2n) is 9.18. The van der Waals surface area contributed by atoms with Crippen molar-refractivity contribution < 1.29 is 23.7 Å². The van der Waals surface area contributed by atoms with Gasteiger partial charge in [0.05, 0.1) is 12.0 Å². The van der Waals surface area contributed by atoms with Crippen LogP contribution in [0.1, 0.15) is 75.2 Å². The van der Waals surface area contributed by atoms with E-state index in [1.165, 1.54) is 0 Å². The summed E-state index contributed by atoms with van der Waals surface area (Å²) in [5.41, 5.74) is -0.806. The highest BCUT2D eigenvalue weighted by Crippen LogP contribution is 2.47. The van der Waals surface area contributed by atoms with Crippen molar-refractivity contribution in [2.24, 2.45) is 16.2 Å². The summed E-state index contributed by atoms with van der Waals surface area (Å²) >= 11 is 0. The lowest BCUT2D eigenvalue weighted by Crippen LogP contribution is -2.45. The normalized spacial score (nSPS) is 19.2. The molecule has 0 aromatic heterocycles. The molecule has 1 N–H and O–H groups in total. The Balaban J connectivity index is 4.81. The van der Waals surface area contributed by atoms with E-state index in [1.807, 2.05) is 13.8 Å². The van der Waals surface area contributed by atoms with Gasteiger partial charge in [-0.05, 0) is 38.0 Å². The Morgan fingerprint density at radius 3 is 1.96 bits per heavy atom. The molecule has 0 aliphatic carbocycles. The van der Waals surface area contributed by atoms with Crippen LogP contribution in [0.25, 0.3) is 0 Å². The first-order valence-electron chi connectivity index (χ1n) is 8.65. The summed E-state index contributed by atoms with van der Waals surface area (Å²) in [7, 11) is -2.67. The molecule has 4 atom stereocenters. The van der Waals surface area contributed by atoms with Crippen LogP contribution < -0.4 is 0 Å². The van der Waals surface area contributed by atoms with Crippen molar-refractivity contribution in [1.29, 1.82) is 0 Å². The highest BCUT2D eigenvalue weighted by Gasteiger charge is 2.48. The molecule has 0 saturated heterocycles. The smallest absolute Gasteiger partial charge is 0.312 e. The molecule has 24 heavy (non-hydrogen) atoms. The quantitative estimate of drug-likeness (QED) is 0.502. The van der Waals surface area contributed by atoms with Crippen molar-refractivity contribution in [3.63, 3.8) is 0 Å². The van der Waals surface area contributed by atoms with E-state index in [4.69, 9.17) is 14.4 Å². The Morgan fingerprint density at radius 2 is 1.58 bits per heavy atom. The Bertz CT molecular complexity index is 436. The van der Waals surface area contributed by atoms with Gasteiger partial charge in [0, 0.05) is 6.42 Å². The molecule has 0 aliphatic heterocycles. The molecule has 6 heteroatoms. The van der Waals surface area contributed by atoms with E-state index in [0.717, 1.165) is 6.42 Å². The first kappa shape index (κ1) is 23.6. The van der Waals surface area contributed by atoms with Crippen molar-refractivity contribution >= 4 is 14.0 Å². The van der Waals surface area contributed by atoms with Crippen molar-refractivity contribution in [2.75, 3.05) is 6.61 Å². The van der Waals surface area contributed by atoms with Gasteiger partial charge in [0.2, 0.25) is 8.03 Å². The van der Waals surface area contributed by atoms with Gasteiger partial charge >= 0.3 is 5.97 Å². The maximum absolute atomic E-state index is 12.9. The molecular formula is C18H37O5P. The number of carbonyl (C=O) groups excluding carboxylic acids is 1. The second kappa shape index (κ2) is 8.82. The summed E-state index contributed by atoms with van der Waals surface area (Å²) in [4.78, 5) is 21.8. The van der Waals surface area contributed by atoms with Crippen molar-refractivity contribution in [2.45, 2.75) is 87.1 Å². The first-order chi connectivity index (χ1) is 10.6. The first-order valence-corrected chi connectivity index (χ1v) is 10.1. The van der Waals surface area contributed by atoms with Gasteiger partial charge in [0.15, 0.2) is 0 Å². The van der Waals surface area contributed by atoms with Gasteiger partial charge < -0.3 is 14.4 Å². The highest BCUT2D eigenvalue weighted by atomic mass is 31.1. The highest BCUT2D eigenvalue weighted by molar-refractivity contribution is 7.38. The van der Waals surface area contributed by atoms with Crippen LogP contribution in [0.2, 0.25) is 0 Å². The van der Waals surface area contributed by atoms with Crippen LogP contribution in [0.15, 0.2) is 0 Å². The van der Waals surface area contributed by atoms with E-state index in [9.17, 15) is 9.36 Å². The van der Waals surface area contributed by atoms with Crippen LogP contribution in [-0.4, -0.2) is 29.4 Å². The van der Waals surface area contributed by atoms with Crippen LogP contribution in [0.4, 0.5) is 0 Å². The molecule has 0 fully saturated rings. The van der Waals surface area contributed by atoms with Crippen LogP contribution in [0.5, 0.6) is 0 Å². The van der Waals surface area contributed by atoms with Gasteiger partial charge in [-0.15, -0.1) is 0 Å². The largest absolute Gasteiger partial charge is 0.462 e. The minimum atomic E-state index is -2.67. The summed E-state index contributed by atoms with van der Waals surface area (Å²) in [5.74, 6) is -0.861. The lowest BCUT2D eigenvalue weighted by Gasteiger charge is -2.43. The third-order valence-corrected chi connectivity index (χ3v) is 5.40. The fourth-order valence-corrected chi connectivity index (χ4v) is 2.82. The number of hydrogen-bond acceptors (Lipinski definition) is 4. The van der Waals surface area contributed by atoms with Gasteiger partial charge in [0.1, 0.15) is 11.9 Å². The van der Waals surface area contributed by atoms with E-state index in [0.29, 0.717) is 6.42 Å². The Hall–Kier alpha value is -0.380. The summed E-state index contributed by atoms with van der Waals surface area (Å²) in [6, 6.07) is 0. The lowest BCUT2D eigenvalue weighted by molar-refractivity contribution is -0.170. The fourth-order valence-electron chi connectivity index (χ4n) is 2.56. The monoisotopic (exact) mass is 364 g/mol. The number of hydrogen-bond donors (Lipinski definition) is 1. The predicted octanol–water partition coefficient (Wildman–Crippen LogP) is 4.63. The molecule has 0 heterocycles. The molecule has 5 nitrogen and oxygen atoms in total. The zero-order valence-electron chi connectivity index (χ0n) is 16.9. The Kier molecular flexibility index (Phi) is 8.68. The SMILES string of the molecule is CC(CCOC(C)[PH](=O)O)OC(=O)C(C)(CC(C)(C)C)C(C)(C)C. The maximum Gasteiger partial charge on any atom is 0.312 e. The summed E-state index contributed by atoms with van der Waals surface area (Å²) in [5, 5.41) is 0. The van der Waals surface area contributed by atoms with Crippen molar-refractivity contribution in [1.82, 2.24) is 0 Å². The van der Waals surface area contributed by atoms with Gasteiger partial charge in [-0.2, -0.15) is 0 Å². The maximum atomic E-state index is 12.9. The number of rotatable bonds is 8. The zero-order chi connectivity index (χ0) is 19.3. The zero-order valence-corrected chi connectivity index (χ0v) is 17.9. The van der Waals surface area contributed by atoms with E-state index in [1.54, 1.807) is 6.92 Å². The molecule has 4 unspecified atom stereocenters. The third kappa shape index (κ3) is 7.67. The third-order valence-electron chi connectivity index (χ3n) is 4.54. The molecule has 0 amide bonds. The van der Waals surface area contributed by atoms with Crippen LogP contribution in [0, 0.1) is 16.2 Å². The summed E-state index contributed by atoms with van der Waals surface area (Å²) in [6.45, 7) is 18.2. The van der Waals surface area contributed by atoms with Crippen molar-refractivity contribution in [3.05, 3.63) is 0 Å². The minimum absolute atomic E-state index is 0.0104. The van der Waals surface area contributed by atoms with Gasteiger partial charge in [-0.1, -0.05) is 41.5 Å². The minimum Gasteiger partial charge on any atom is -0.462 e. The molecule has 144 valence electrons. The van der Waals surface area contributed by atoms with E-state index < -0.39 is 19.3 Å². The molecule has 0 aliphatic rings. The number of ether oxygens (including phenoxy) is 2. The average Bonchev–Trinajstić information content (AvgIpc) is 2.34. The standard InChI is InChI=1S/C18H37O5P/c1-13(10-11-22-14(2)24(20)21)23-15(19)18(9,17(6,7)8)12-16(3,4)5/h13-14,24H,10-12H2,1-9H3,(H,20,21). The molecule has 0 aromatic carbocycles. The Morgan fingerprint density at radius 1 is 1.08 bits per heavy atom. The lowest BCUT2D eigenvalue weighted by atomic mass is 9.61. The molecule has 0 bridgehead atoms. The molecule has 0 saturated carbocycles. The van der Waals surface area contributed by atoms with Crippen LogP contribution in [0.3, 0.4) is 0 Å². The van der Waals surface area contributed by atoms with Gasteiger partial charge in [-0.3, -0.25) is 9.36 Å². The van der Waals surface area contributed by atoms with E-state index >= 15 is 0 Å². The molecule has 0 rings (SSSR count). The van der Waals surface area contributed by atoms with Gasteiger partial charge in [-0.25, -0.2) is 0 Å². The summed E-state index contributed by atoms with van der Waals surface area (Å²) in [6.07, 6.45) is 0.933. The molecular weight excluding hydrogens is 327 g/mol. The van der Waals surface area contributed by atoms with E-state index in [-0.39, 0.29) is 29.5 Å². The molecule has 0 aromatic rings. The number of esters is 1. The van der Waals surface area contributed by atoms with Crippen molar-refractivity contribution in [3.8, 4) is 0 Å². The Labute approximate surface area is 148 Å². The van der Waals surface area contributed by atoms with Gasteiger partial charge in [0.25, 0.3) is 0 Å². The average molecular weight is 364 g/mol. The number of carbonyl (C=O) groups is 1. The van der Waals surface area contributed by atoms with Crippen LogP contribution in [-0.2, 0) is 18.8 Å². The molecule has 0 radical (unpaired) electrons. The topological polar surface area (TPSA) is 72.8 Å². The predicted molar refractivity (Wildman–Crippen MR) is 98.4 cm³/mol. The van der Waals surface area contributed by atoms with E-state index in [2.05, 4.69) is 41.5 Å². The molecule has 0 spiro atoms. The second-order valence-corrected chi connectivity index (χ2v) is 10.7.